The summed E-state index contributed by atoms with van der Waals surface area (Å²) in [5.41, 5.74) is 2.28. The summed E-state index contributed by atoms with van der Waals surface area (Å²) in [5, 5.41) is 9.02. The molecule has 0 amide bonds. The van der Waals surface area contributed by atoms with Crippen LogP contribution in [0.2, 0.25) is 0 Å². The minimum atomic E-state index is -0.345. The summed E-state index contributed by atoms with van der Waals surface area (Å²) in [4.78, 5) is 12.8. The van der Waals surface area contributed by atoms with Crippen molar-refractivity contribution in [2.24, 2.45) is 0 Å². The summed E-state index contributed by atoms with van der Waals surface area (Å²) in [7, 11) is 0. The van der Waals surface area contributed by atoms with Gasteiger partial charge in [-0.3, -0.25) is 0 Å². The molecule has 30 heavy (non-hydrogen) atoms. The molecule has 0 heterocycles. The van der Waals surface area contributed by atoms with E-state index in [0.29, 0.717) is 17.0 Å². The first-order valence-corrected chi connectivity index (χ1v) is 11.4. The van der Waals surface area contributed by atoms with Crippen molar-refractivity contribution < 1.29 is 9.53 Å². The first-order valence-electron chi connectivity index (χ1n) is 11.4. The highest BCUT2D eigenvalue weighted by atomic mass is 16.6. The summed E-state index contributed by atoms with van der Waals surface area (Å²) >= 11 is 0. The number of carbonyl (C=O) groups excluding carboxylic acids is 1. The van der Waals surface area contributed by atoms with Gasteiger partial charge in [0.15, 0.2) is 0 Å². The van der Waals surface area contributed by atoms with Crippen LogP contribution in [0.4, 0.5) is 0 Å². The number of ether oxygens (including phenoxy) is 1. The fourth-order valence-electron chi connectivity index (χ4n) is 4.59. The van der Waals surface area contributed by atoms with E-state index in [1.54, 1.807) is 0 Å². The van der Waals surface area contributed by atoms with E-state index in [4.69, 9.17) is 10.00 Å². The highest BCUT2D eigenvalue weighted by Crippen LogP contribution is 2.43. The van der Waals surface area contributed by atoms with Gasteiger partial charge in [0.25, 0.3) is 0 Å². The van der Waals surface area contributed by atoms with Crippen molar-refractivity contribution in [2.75, 3.05) is 0 Å². The molecule has 0 N–H and O–H groups in total. The van der Waals surface area contributed by atoms with Gasteiger partial charge in [0.2, 0.25) is 0 Å². The van der Waals surface area contributed by atoms with Crippen LogP contribution in [0.5, 0.6) is 0 Å². The molecule has 0 radical (unpaired) electrons. The van der Waals surface area contributed by atoms with E-state index in [9.17, 15) is 4.79 Å². The van der Waals surface area contributed by atoms with E-state index >= 15 is 0 Å². The Hall–Kier alpha value is -2.60. The summed E-state index contributed by atoms with van der Waals surface area (Å²) in [5.74, 6) is 0.280. The van der Waals surface area contributed by atoms with Crippen LogP contribution in [0.1, 0.15) is 98.5 Å². The molecule has 158 valence electrons. The maximum atomic E-state index is 12.8. The molecule has 1 aliphatic carbocycles. The van der Waals surface area contributed by atoms with Crippen LogP contribution in [0, 0.1) is 11.3 Å². The number of esters is 1. The molecular formula is C27H33NO2. The van der Waals surface area contributed by atoms with Crippen LogP contribution in [-0.4, -0.2) is 11.6 Å². The Bertz CT molecular complexity index is 827. The van der Waals surface area contributed by atoms with Gasteiger partial charge < -0.3 is 4.74 Å². The zero-order valence-electron chi connectivity index (χ0n) is 18.1. The Morgan fingerprint density at radius 3 is 2.30 bits per heavy atom. The average Bonchev–Trinajstić information content (AvgIpc) is 2.80. The molecular weight excluding hydrogens is 370 g/mol. The molecule has 2 aromatic rings. The zero-order valence-corrected chi connectivity index (χ0v) is 18.1. The highest BCUT2D eigenvalue weighted by molar-refractivity contribution is 5.89. The van der Waals surface area contributed by atoms with Gasteiger partial charge in [0.05, 0.1) is 17.2 Å². The Morgan fingerprint density at radius 1 is 1.00 bits per heavy atom. The third-order valence-corrected chi connectivity index (χ3v) is 6.46. The fourth-order valence-corrected chi connectivity index (χ4v) is 4.59. The Morgan fingerprint density at radius 2 is 1.67 bits per heavy atom. The second-order valence-electron chi connectivity index (χ2n) is 8.61. The molecule has 0 saturated heterocycles. The first kappa shape index (κ1) is 22.1. The molecule has 0 aromatic heterocycles. The lowest BCUT2D eigenvalue weighted by molar-refractivity contribution is -0.0462. The number of nitriles is 1. The monoisotopic (exact) mass is 403 g/mol. The first-order chi connectivity index (χ1) is 14.7. The number of nitrogens with zero attached hydrogens (tertiary/aromatic N) is 1. The van der Waals surface area contributed by atoms with E-state index in [2.05, 4.69) is 25.1 Å². The summed E-state index contributed by atoms with van der Waals surface area (Å²) < 4.78 is 6.21. The van der Waals surface area contributed by atoms with Crippen molar-refractivity contribution in [2.45, 2.75) is 82.7 Å². The van der Waals surface area contributed by atoms with Crippen LogP contribution in [-0.2, 0) is 4.74 Å². The standard InChI is InChI=1S/C27H33NO2/c1-2-3-4-5-9-18-27(30-26(29)25-10-7-6-8-11-25)19-16-24(17-20-27)23-14-12-22(21-28)13-15-23/h6-8,10-15,24H,2-5,9,16-20H2,1H3. The van der Waals surface area contributed by atoms with Crippen molar-refractivity contribution in [1.29, 1.82) is 5.26 Å². The van der Waals surface area contributed by atoms with E-state index < -0.39 is 0 Å². The molecule has 3 nitrogen and oxygen atoms in total. The normalized spacial score (nSPS) is 21.0. The summed E-state index contributed by atoms with van der Waals surface area (Å²) in [6.07, 6.45) is 10.9. The Labute approximate surface area is 181 Å². The molecule has 0 bridgehead atoms. The highest BCUT2D eigenvalue weighted by Gasteiger charge is 2.38. The van der Waals surface area contributed by atoms with Gasteiger partial charge in [0.1, 0.15) is 5.60 Å². The number of carbonyl (C=O) groups is 1. The maximum absolute atomic E-state index is 12.8. The molecule has 0 aliphatic heterocycles. The number of hydrogen-bond acceptors (Lipinski definition) is 3. The smallest absolute Gasteiger partial charge is 0.338 e. The van der Waals surface area contributed by atoms with Gasteiger partial charge in [-0.1, -0.05) is 62.9 Å². The zero-order chi connectivity index (χ0) is 21.2. The van der Waals surface area contributed by atoms with Crippen molar-refractivity contribution in [3.8, 4) is 6.07 Å². The molecule has 2 aromatic carbocycles. The van der Waals surface area contributed by atoms with Gasteiger partial charge in [0, 0.05) is 0 Å². The molecule has 1 fully saturated rings. The summed E-state index contributed by atoms with van der Waals surface area (Å²) in [6, 6.07) is 19.5. The lowest BCUT2D eigenvalue weighted by Crippen LogP contribution is -2.39. The second kappa shape index (κ2) is 11.0. The largest absolute Gasteiger partial charge is 0.455 e. The number of hydrogen-bond donors (Lipinski definition) is 0. The SMILES string of the molecule is CCCCCCCC1(OC(=O)c2ccccc2)CCC(c2ccc(C#N)cc2)CC1. The van der Waals surface area contributed by atoms with Crippen molar-refractivity contribution in [1.82, 2.24) is 0 Å². The molecule has 0 unspecified atom stereocenters. The molecule has 0 atom stereocenters. The van der Waals surface area contributed by atoms with Gasteiger partial charge in [-0.2, -0.15) is 5.26 Å². The van der Waals surface area contributed by atoms with Crippen LogP contribution >= 0.6 is 0 Å². The van der Waals surface area contributed by atoms with Gasteiger partial charge in [-0.05, 0) is 74.3 Å². The van der Waals surface area contributed by atoms with Crippen molar-refractivity contribution >= 4 is 5.97 Å². The predicted molar refractivity (Wildman–Crippen MR) is 120 cm³/mol. The summed E-state index contributed by atoms with van der Waals surface area (Å²) in [6.45, 7) is 2.23. The van der Waals surface area contributed by atoms with Gasteiger partial charge in [-0.15, -0.1) is 0 Å². The van der Waals surface area contributed by atoms with Crippen molar-refractivity contribution in [3.63, 3.8) is 0 Å². The van der Waals surface area contributed by atoms with Gasteiger partial charge in [-0.25, -0.2) is 4.79 Å². The van der Waals surface area contributed by atoms with Crippen LogP contribution in [0.15, 0.2) is 54.6 Å². The van der Waals surface area contributed by atoms with Crippen LogP contribution < -0.4 is 0 Å². The van der Waals surface area contributed by atoms with Crippen molar-refractivity contribution in [3.05, 3.63) is 71.3 Å². The van der Waals surface area contributed by atoms with Crippen LogP contribution in [0.25, 0.3) is 0 Å². The van der Waals surface area contributed by atoms with E-state index in [1.807, 2.05) is 42.5 Å². The minimum absolute atomic E-state index is 0.194. The minimum Gasteiger partial charge on any atom is -0.455 e. The third kappa shape index (κ3) is 5.95. The fraction of sp³-hybridized carbons (Fsp3) is 0.481. The molecule has 1 saturated carbocycles. The Balaban J connectivity index is 1.65. The van der Waals surface area contributed by atoms with Crippen LogP contribution in [0.3, 0.4) is 0 Å². The molecule has 3 rings (SSSR count). The third-order valence-electron chi connectivity index (χ3n) is 6.46. The topological polar surface area (TPSA) is 50.1 Å². The lowest BCUT2D eigenvalue weighted by atomic mass is 9.73. The van der Waals surface area contributed by atoms with E-state index in [0.717, 1.165) is 38.5 Å². The number of unbranched alkanes of at least 4 members (excludes halogenated alkanes) is 4. The Kier molecular flexibility index (Phi) is 8.08. The second-order valence-corrected chi connectivity index (χ2v) is 8.61. The maximum Gasteiger partial charge on any atom is 0.338 e. The molecule has 1 aliphatic rings. The van der Waals surface area contributed by atoms with Gasteiger partial charge >= 0.3 is 5.97 Å². The quantitative estimate of drug-likeness (QED) is 0.329. The number of rotatable bonds is 9. The predicted octanol–water partition coefficient (Wildman–Crippen LogP) is 7.17. The average molecular weight is 404 g/mol. The number of benzene rings is 2. The molecule has 3 heteroatoms. The lowest BCUT2D eigenvalue weighted by Gasteiger charge is -2.40. The molecule has 0 spiro atoms. The van der Waals surface area contributed by atoms with E-state index in [1.165, 1.54) is 31.2 Å². The van der Waals surface area contributed by atoms with E-state index in [-0.39, 0.29) is 11.6 Å².